The number of rotatable bonds is 3. The number of benzene rings is 2. The predicted molar refractivity (Wildman–Crippen MR) is 77.8 cm³/mol. The zero-order valence-electron chi connectivity index (χ0n) is 10.6. The van der Waals surface area contributed by atoms with Crippen molar-refractivity contribution in [1.29, 1.82) is 0 Å². The number of halogens is 3. The fraction of sp³-hybridized carbons (Fsp3) is 0.133. The van der Waals surface area contributed by atoms with Crippen molar-refractivity contribution in [3.05, 3.63) is 57.8 Å². The molecule has 5 heteroatoms. The SMILES string of the molecule is CCOC(=O)c1cc(-c2ccc(Cl)c(Cl)c2)ccc1F. The molecule has 20 heavy (non-hydrogen) atoms. The van der Waals surface area contributed by atoms with Gasteiger partial charge in [-0.2, -0.15) is 0 Å². The van der Waals surface area contributed by atoms with Crippen LogP contribution in [-0.4, -0.2) is 12.6 Å². The summed E-state index contributed by atoms with van der Waals surface area (Å²) in [6, 6.07) is 9.28. The van der Waals surface area contributed by atoms with Gasteiger partial charge in [0.2, 0.25) is 0 Å². The van der Waals surface area contributed by atoms with Gasteiger partial charge in [-0.3, -0.25) is 0 Å². The van der Waals surface area contributed by atoms with E-state index >= 15 is 0 Å². The lowest BCUT2D eigenvalue weighted by atomic mass is 10.0. The Hall–Kier alpha value is -1.58. The smallest absolute Gasteiger partial charge is 0.341 e. The molecule has 0 aliphatic heterocycles. The summed E-state index contributed by atoms with van der Waals surface area (Å²) in [6.07, 6.45) is 0. The summed E-state index contributed by atoms with van der Waals surface area (Å²) in [7, 11) is 0. The summed E-state index contributed by atoms with van der Waals surface area (Å²) in [5, 5.41) is 0.828. The first-order valence-corrected chi connectivity index (χ1v) is 6.70. The third-order valence-electron chi connectivity index (χ3n) is 2.71. The van der Waals surface area contributed by atoms with Gasteiger partial charge in [0, 0.05) is 0 Å². The molecule has 0 fully saturated rings. The van der Waals surface area contributed by atoms with E-state index in [1.54, 1.807) is 31.2 Å². The summed E-state index contributed by atoms with van der Waals surface area (Å²) in [4.78, 5) is 11.7. The minimum Gasteiger partial charge on any atom is -0.462 e. The van der Waals surface area contributed by atoms with Gasteiger partial charge in [0.1, 0.15) is 5.82 Å². The maximum atomic E-state index is 13.7. The highest BCUT2D eigenvalue weighted by atomic mass is 35.5. The second kappa shape index (κ2) is 6.25. The number of esters is 1. The van der Waals surface area contributed by atoms with Crippen LogP contribution in [0.4, 0.5) is 4.39 Å². The molecule has 0 aliphatic carbocycles. The molecule has 104 valence electrons. The molecule has 0 heterocycles. The maximum absolute atomic E-state index is 13.7. The molecule has 2 aromatic rings. The van der Waals surface area contributed by atoms with Crippen LogP contribution in [0, 0.1) is 5.82 Å². The molecule has 0 spiro atoms. The fourth-order valence-corrected chi connectivity index (χ4v) is 2.04. The van der Waals surface area contributed by atoms with Crippen molar-refractivity contribution in [3.8, 4) is 11.1 Å². The van der Waals surface area contributed by atoms with Crippen LogP contribution in [0.5, 0.6) is 0 Å². The minimum absolute atomic E-state index is 0.101. The van der Waals surface area contributed by atoms with E-state index in [1.807, 2.05) is 0 Å². The van der Waals surface area contributed by atoms with E-state index in [-0.39, 0.29) is 12.2 Å². The molecule has 0 aromatic heterocycles. The predicted octanol–water partition coefficient (Wildman–Crippen LogP) is 4.98. The quantitative estimate of drug-likeness (QED) is 0.747. The number of ether oxygens (including phenoxy) is 1. The summed E-state index contributed by atoms with van der Waals surface area (Å²) >= 11 is 11.8. The molecule has 0 unspecified atom stereocenters. The van der Waals surface area contributed by atoms with Gasteiger partial charge in [-0.05, 0) is 42.3 Å². The van der Waals surface area contributed by atoms with Crippen LogP contribution in [0.3, 0.4) is 0 Å². The molecule has 2 nitrogen and oxygen atoms in total. The van der Waals surface area contributed by atoms with E-state index in [9.17, 15) is 9.18 Å². The molecule has 0 radical (unpaired) electrons. The van der Waals surface area contributed by atoms with Crippen molar-refractivity contribution < 1.29 is 13.9 Å². The van der Waals surface area contributed by atoms with Crippen molar-refractivity contribution in [2.45, 2.75) is 6.92 Å². The summed E-state index contributed by atoms with van der Waals surface area (Å²) in [5.41, 5.74) is 1.30. The van der Waals surface area contributed by atoms with Gasteiger partial charge in [-0.1, -0.05) is 35.3 Å². The first-order chi connectivity index (χ1) is 9.52. The Kier molecular flexibility index (Phi) is 4.63. The Labute approximate surface area is 126 Å². The fourth-order valence-electron chi connectivity index (χ4n) is 1.75. The highest BCUT2D eigenvalue weighted by Crippen LogP contribution is 2.29. The van der Waals surface area contributed by atoms with Gasteiger partial charge in [0.15, 0.2) is 0 Å². The van der Waals surface area contributed by atoms with Gasteiger partial charge >= 0.3 is 5.97 Å². The lowest BCUT2D eigenvalue weighted by molar-refractivity contribution is 0.0521. The highest BCUT2D eigenvalue weighted by molar-refractivity contribution is 6.42. The molecule has 0 saturated carbocycles. The lowest BCUT2D eigenvalue weighted by Gasteiger charge is -2.07. The number of hydrogen-bond donors (Lipinski definition) is 0. The van der Waals surface area contributed by atoms with Gasteiger partial charge in [0.25, 0.3) is 0 Å². The van der Waals surface area contributed by atoms with Crippen molar-refractivity contribution >= 4 is 29.2 Å². The molecule has 0 atom stereocenters. The monoisotopic (exact) mass is 312 g/mol. The van der Waals surface area contributed by atoms with E-state index in [2.05, 4.69) is 0 Å². The molecule has 0 aliphatic rings. The number of carbonyl (C=O) groups is 1. The highest BCUT2D eigenvalue weighted by Gasteiger charge is 2.14. The van der Waals surface area contributed by atoms with Gasteiger partial charge < -0.3 is 4.74 Å². The van der Waals surface area contributed by atoms with Crippen LogP contribution < -0.4 is 0 Å². The van der Waals surface area contributed by atoms with Crippen LogP contribution in [0.1, 0.15) is 17.3 Å². The average Bonchev–Trinajstić information content (AvgIpc) is 2.42. The van der Waals surface area contributed by atoms with Crippen LogP contribution >= 0.6 is 23.2 Å². The van der Waals surface area contributed by atoms with Gasteiger partial charge in [0.05, 0.1) is 22.2 Å². The molecule has 0 saturated heterocycles. The Balaban J connectivity index is 2.45. The Morgan fingerprint density at radius 1 is 1.10 bits per heavy atom. The van der Waals surface area contributed by atoms with Crippen LogP contribution in [0.2, 0.25) is 10.0 Å². The summed E-state index contributed by atoms with van der Waals surface area (Å²) < 4.78 is 18.5. The zero-order chi connectivity index (χ0) is 14.7. The topological polar surface area (TPSA) is 26.3 Å². The first kappa shape index (κ1) is 14.8. The lowest BCUT2D eigenvalue weighted by Crippen LogP contribution is -2.07. The second-order valence-electron chi connectivity index (χ2n) is 4.04. The Bertz CT molecular complexity index is 656. The third kappa shape index (κ3) is 3.11. The van der Waals surface area contributed by atoms with Crippen molar-refractivity contribution in [1.82, 2.24) is 0 Å². The Morgan fingerprint density at radius 3 is 2.40 bits per heavy atom. The van der Waals surface area contributed by atoms with E-state index in [0.717, 1.165) is 5.56 Å². The van der Waals surface area contributed by atoms with Gasteiger partial charge in [-0.25, -0.2) is 9.18 Å². The van der Waals surface area contributed by atoms with Crippen LogP contribution in [0.25, 0.3) is 11.1 Å². The first-order valence-electron chi connectivity index (χ1n) is 5.95. The number of hydrogen-bond acceptors (Lipinski definition) is 2. The minimum atomic E-state index is -0.688. The van der Waals surface area contributed by atoms with E-state index in [4.69, 9.17) is 27.9 Å². The molecule has 0 amide bonds. The molecular formula is C15H11Cl2FO2. The normalized spacial score (nSPS) is 10.4. The van der Waals surface area contributed by atoms with Gasteiger partial charge in [-0.15, -0.1) is 0 Å². The Morgan fingerprint density at radius 2 is 1.75 bits per heavy atom. The van der Waals surface area contributed by atoms with E-state index < -0.39 is 11.8 Å². The zero-order valence-corrected chi connectivity index (χ0v) is 12.1. The average molecular weight is 313 g/mol. The van der Waals surface area contributed by atoms with E-state index in [0.29, 0.717) is 15.6 Å². The molecule has 0 bridgehead atoms. The standard InChI is InChI=1S/C15H11Cl2FO2/c1-2-20-15(19)11-7-9(4-6-14(11)18)10-3-5-12(16)13(17)8-10/h3-8H,2H2,1H3. The second-order valence-corrected chi connectivity index (χ2v) is 4.86. The van der Waals surface area contributed by atoms with Crippen molar-refractivity contribution in [2.24, 2.45) is 0 Å². The molecule has 2 aromatic carbocycles. The maximum Gasteiger partial charge on any atom is 0.341 e. The molecular weight excluding hydrogens is 302 g/mol. The molecule has 2 rings (SSSR count). The van der Waals surface area contributed by atoms with Crippen LogP contribution in [-0.2, 0) is 4.74 Å². The van der Waals surface area contributed by atoms with Crippen molar-refractivity contribution in [2.75, 3.05) is 6.61 Å². The summed E-state index contributed by atoms with van der Waals surface area (Å²) in [6.45, 7) is 1.86. The largest absolute Gasteiger partial charge is 0.462 e. The van der Waals surface area contributed by atoms with Crippen molar-refractivity contribution in [3.63, 3.8) is 0 Å². The summed E-state index contributed by atoms with van der Waals surface area (Å²) in [5.74, 6) is -1.31. The van der Waals surface area contributed by atoms with E-state index in [1.165, 1.54) is 12.1 Å². The third-order valence-corrected chi connectivity index (χ3v) is 3.45. The number of carbonyl (C=O) groups excluding carboxylic acids is 1. The van der Waals surface area contributed by atoms with Crippen LogP contribution in [0.15, 0.2) is 36.4 Å². The molecule has 0 N–H and O–H groups in total.